The average molecular weight is 293 g/mol. The number of nitrogens with zero attached hydrogens (tertiary/aromatic N) is 1. The van der Waals surface area contributed by atoms with Crippen LogP contribution in [0.5, 0.6) is 0 Å². The molecule has 2 rings (SSSR count). The first-order valence-corrected chi connectivity index (χ1v) is 7.12. The molecular formula is C16H20FNO3. The van der Waals surface area contributed by atoms with Crippen molar-refractivity contribution in [2.75, 3.05) is 19.7 Å². The number of halogens is 1. The van der Waals surface area contributed by atoms with Gasteiger partial charge in [0.1, 0.15) is 5.82 Å². The van der Waals surface area contributed by atoms with Gasteiger partial charge in [-0.1, -0.05) is 13.0 Å². The number of rotatable bonds is 5. The summed E-state index contributed by atoms with van der Waals surface area (Å²) in [6.45, 7) is 5.12. The maximum atomic E-state index is 13.4. The van der Waals surface area contributed by atoms with Gasteiger partial charge in [-0.15, -0.1) is 0 Å². The molecule has 1 aliphatic rings. The number of carboxylic acids is 1. The number of hydrogen-bond acceptors (Lipinski definition) is 3. The molecule has 1 atom stereocenters. The fourth-order valence-corrected chi connectivity index (χ4v) is 2.44. The Labute approximate surface area is 123 Å². The van der Waals surface area contributed by atoms with E-state index in [1.807, 2.05) is 0 Å². The standard InChI is InChI=1S/C16H20FNO3/c1-2-15-11-18(7-8-21-15)10-13-3-5-14(17)9-12(13)4-6-16(19)20/h3-6,9,15H,2,7-8,10-11H2,1H3,(H,19,20). The number of carbonyl (C=O) groups is 1. The summed E-state index contributed by atoms with van der Waals surface area (Å²) >= 11 is 0. The van der Waals surface area contributed by atoms with Crippen LogP contribution in [0, 0.1) is 5.82 Å². The van der Waals surface area contributed by atoms with Crippen LogP contribution < -0.4 is 0 Å². The molecule has 21 heavy (non-hydrogen) atoms. The van der Waals surface area contributed by atoms with Crippen LogP contribution >= 0.6 is 0 Å². The second kappa shape index (κ2) is 7.33. The van der Waals surface area contributed by atoms with Gasteiger partial charge in [0.05, 0.1) is 12.7 Å². The summed E-state index contributed by atoms with van der Waals surface area (Å²) in [6, 6.07) is 4.49. The van der Waals surface area contributed by atoms with Gasteiger partial charge in [0.2, 0.25) is 0 Å². The van der Waals surface area contributed by atoms with Crippen molar-refractivity contribution < 1.29 is 19.0 Å². The lowest BCUT2D eigenvalue weighted by Gasteiger charge is -2.32. The number of aliphatic carboxylic acids is 1. The van der Waals surface area contributed by atoms with E-state index >= 15 is 0 Å². The van der Waals surface area contributed by atoms with Crippen LogP contribution in [0.3, 0.4) is 0 Å². The Hall–Kier alpha value is -1.72. The lowest BCUT2D eigenvalue weighted by molar-refractivity contribution is -0.131. The molecule has 114 valence electrons. The summed E-state index contributed by atoms with van der Waals surface area (Å²) in [5.41, 5.74) is 1.53. The maximum absolute atomic E-state index is 13.4. The highest BCUT2D eigenvalue weighted by Crippen LogP contribution is 2.18. The van der Waals surface area contributed by atoms with E-state index in [1.54, 1.807) is 6.07 Å². The third-order valence-corrected chi connectivity index (χ3v) is 3.59. The van der Waals surface area contributed by atoms with Crippen LogP contribution in [0.4, 0.5) is 4.39 Å². The van der Waals surface area contributed by atoms with Gasteiger partial charge in [0, 0.05) is 25.7 Å². The monoisotopic (exact) mass is 293 g/mol. The van der Waals surface area contributed by atoms with Crippen molar-refractivity contribution in [3.05, 3.63) is 41.2 Å². The minimum absolute atomic E-state index is 0.234. The van der Waals surface area contributed by atoms with Crippen molar-refractivity contribution in [1.82, 2.24) is 4.90 Å². The summed E-state index contributed by atoms with van der Waals surface area (Å²) in [5.74, 6) is -1.40. The van der Waals surface area contributed by atoms with Crippen LogP contribution in [0.1, 0.15) is 24.5 Å². The van der Waals surface area contributed by atoms with Crippen LogP contribution in [0.2, 0.25) is 0 Å². The van der Waals surface area contributed by atoms with E-state index in [2.05, 4.69) is 11.8 Å². The lowest BCUT2D eigenvalue weighted by Crippen LogP contribution is -2.41. The fraction of sp³-hybridized carbons (Fsp3) is 0.438. The molecule has 1 saturated heterocycles. The van der Waals surface area contributed by atoms with Crippen molar-refractivity contribution in [2.45, 2.75) is 26.0 Å². The highest BCUT2D eigenvalue weighted by molar-refractivity contribution is 5.85. The Morgan fingerprint density at radius 2 is 2.38 bits per heavy atom. The molecule has 0 amide bonds. The predicted molar refractivity (Wildman–Crippen MR) is 78.4 cm³/mol. The molecule has 1 aromatic carbocycles. The van der Waals surface area contributed by atoms with Crippen molar-refractivity contribution in [1.29, 1.82) is 0 Å². The SMILES string of the molecule is CCC1CN(Cc2ccc(F)cc2C=CC(=O)O)CCO1. The summed E-state index contributed by atoms with van der Waals surface area (Å²) in [7, 11) is 0. The molecule has 1 heterocycles. The first kappa shape index (κ1) is 15.7. The van der Waals surface area contributed by atoms with Crippen LogP contribution in [0.15, 0.2) is 24.3 Å². The van der Waals surface area contributed by atoms with Crippen LogP contribution in [-0.4, -0.2) is 41.8 Å². The number of morpholine rings is 1. The third-order valence-electron chi connectivity index (χ3n) is 3.59. The summed E-state index contributed by atoms with van der Waals surface area (Å²) in [4.78, 5) is 12.9. The zero-order valence-corrected chi connectivity index (χ0v) is 12.1. The molecule has 1 aliphatic heterocycles. The zero-order chi connectivity index (χ0) is 15.2. The predicted octanol–water partition coefficient (Wildman–Crippen LogP) is 2.53. The number of benzene rings is 1. The first-order valence-electron chi connectivity index (χ1n) is 7.12. The van der Waals surface area contributed by atoms with Crippen molar-refractivity contribution >= 4 is 12.0 Å². The molecule has 1 unspecified atom stereocenters. The molecule has 0 spiro atoms. The van der Waals surface area contributed by atoms with Crippen molar-refractivity contribution in [3.63, 3.8) is 0 Å². The largest absolute Gasteiger partial charge is 0.478 e. The minimum Gasteiger partial charge on any atom is -0.478 e. The van der Waals surface area contributed by atoms with Gasteiger partial charge < -0.3 is 9.84 Å². The highest BCUT2D eigenvalue weighted by atomic mass is 19.1. The van der Waals surface area contributed by atoms with Gasteiger partial charge in [0.15, 0.2) is 0 Å². The Kier molecular flexibility index (Phi) is 5.47. The Balaban J connectivity index is 2.13. The molecule has 0 aromatic heterocycles. The van der Waals surface area contributed by atoms with Gasteiger partial charge in [-0.2, -0.15) is 0 Å². The van der Waals surface area contributed by atoms with Crippen LogP contribution in [0.25, 0.3) is 6.08 Å². The zero-order valence-electron chi connectivity index (χ0n) is 12.1. The smallest absolute Gasteiger partial charge is 0.328 e. The Morgan fingerprint density at radius 1 is 1.57 bits per heavy atom. The molecule has 4 nitrogen and oxygen atoms in total. The van der Waals surface area contributed by atoms with E-state index in [4.69, 9.17) is 9.84 Å². The second-order valence-corrected chi connectivity index (χ2v) is 5.15. The molecule has 0 aliphatic carbocycles. The normalized spacial score (nSPS) is 20.0. The number of carboxylic acid groups (broad SMARTS) is 1. The molecule has 0 radical (unpaired) electrons. The van der Waals surface area contributed by atoms with Gasteiger partial charge in [-0.3, -0.25) is 4.90 Å². The minimum atomic E-state index is -1.04. The highest BCUT2D eigenvalue weighted by Gasteiger charge is 2.19. The number of ether oxygens (including phenoxy) is 1. The molecule has 1 aromatic rings. The lowest BCUT2D eigenvalue weighted by atomic mass is 10.1. The second-order valence-electron chi connectivity index (χ2n) is 5.15. The van der Waals surface area contributed by atoms with E-state index in [9.17, 15) is 9.18 Å². The Morgan fingerprint density at radius 3 is 3.10 bits per heavy atom. The topological polar surface area (TPSA) is 49.8 Å². The fourth-order valence-electron chi connectivity index (χ4n) is 2.44. The molecular weight excluding hydrogens is 273 g/mol. The summed E-state index contributed by atoms with van der Waals surface area (Å²) in [5, 5.41) is 8.72. The Bertz CT molecular complexity index is 530. The van der Waals surface area contributed by atoms with E-state index in [1.165, 1.54) is 18.2 Å². The van der Waals surface area contributed by atoms with Crippen molar-refractivity contribution in [3.8, 4) is 0 Å². The van der Waals surface area contributed by atoms with Gasteiger partial charge >= 0.3 is 5.97 Å². The van der Waals surface area contributed by atoms with Gasteiger partial charge in [-0.25, -0.2) is 9.18 Å². The van der Waals surface area contributed by atoms with Gasteiger partial charge in [-0.05, 0) is 35.8 Å². The van der Waals surface area contributed by atoms with Crippen LogP contribution in [-0.2, 0) is 16.1 Å². The van der Waals surface area contributed by atoms with E-state index in [0.717, 1.165) is 31.1 Å². The summed E-state index contributed by atoms with van der Waals surface area (Å²) < 4.78 is 19.0. The number of hydrogen-bond donors (Lipinski definition) is 1. The average Bonchev–Trinajstić information content (AvgIpc) is 2.47. The molecule has 1 fully saturated rings. The van der Waals surface area contributed by atoms with Gasteiger partial charge in [0.25, 0.3) is 0 Å². The van der Waals surface area contributed by atoms with E-state index in [-0.39, 0.29) is 11.9 Å². The summed E-state index contributed by atoms with van der Waals surface area (Å²) in [6.07, 6.45) is 3.67. The van der Waals surface area contributed by atoms with E-state index < -0.39 is 5.97 Å². The third kappa shape index (κ3) is 4.65. The molecule has 5 heteroatoms. The van der Waals surface area contributed by atoms with Crippen molar-refractivity contribution in [2.24, 2.45) is 0 Å². The first-order chi connectivity index (χ1) is 10.1. The molecule has 1 N–H and O–H groups in total. The van der Waals surface area contributed by atoms with E-state index in [0.29, 0.717) is 18.7 Å². The quantitative estimate of drug-likeness (QED) is 0.848. The molecule has 0 bridgehead atoms. The molecule has 0 saturated carbocycles. The maximum Gasteiger partial charge on any atom is 0.328 e.